The highest BCUT2D eigenvalue weighted by Crippen LogP contribution is 2.37. The molecule has 1 aromatic carbocycles. The van der Waals surface area contributed by atoms with Gasteiger partial charge in [-0.2, -0.15) is 0 Å². The van der Waals surface area contributed by atoms with E-state index in [4.69, 9.17) is 4.98 Å². The van der Waals surface area contributed by atoms with Gasteiger partial charge in [-0.1, -0.05) is 15.9 Å². The van der Waals surface area contributed by atoms with E-state index in [1.807, 2.05) is 0 Å². The van der Waals surface area contributed by atoms with E-state index in [1.165, 1.54) is 47.5 Å². The van der Waals surface area contributed by atoms with Crippen molar-refractivity contribution in [1.29, 1.82) is 0 Å². The summed E-state index contributed by atoms with van der Waals surface area (Å²) in [4.78, 5) is 7.37. The summed E-state index contributed by atoms with van der Waals surface area (Å²) in [6.45, 7) is 7.49. The van der Waals surface area contributed by atoms with Crippen molar-refractivity contribution < 1.29 is 0 Å². The molecule has 3 aromatic rings. The molecule has 1 fully saturated rings. The third-order valence-electron chi connectivity index (χ3n) is 6.14. The maximum atomic E-state index is 4.81. The first-order valence-corrected chi connectivity index (χ1v) is 10.6. The van der Waals surface area contributed by atoms with Crippen LogP contribution >= 0.6 is 15.9 Å². The SMILES string of the molecule is Cc1nc2ccc(Br)cc2c(N2CCCC(c3nnc4n3CCC4)C2)c1C. The van der Waals surface area contributed by atoms with Crippen molar-refractivity contribution in [2.24, 2.45) is 0 Å². The third kappa shape index (κ3) is 2.85. The number of pyridine rings is 1. The molecule has 2 aliphatic heterocycles. The lowest BCUT2D eigenvalue weighted by Crippen LogP contribution is -2.36. The molecule has 1 atom stereocenters. The number of aromatic nitrogens is 4. The van der Waals surface area contributed by atoms with Crippen LogP contribution < -0.4 is 4.90 Å². The Bertz CT molecular complexity index is 1030. The number of rotatable bonds is 2. The van der Waals surface area contributed by atoms with E-state index < -0.39 is 0 Å². The van der Waals surface area contributed by atoms with Gasteiger partial charge < -0.3 is 9.47 Å². The summed E-state index contributed by atoms with van der Waals surface area (Å²) in [6, 6.07) is 6.40. The van der Waals surface area contributed by atoms with Gasteiger partial charge in [-0.3, -0.25) is 4.98 Å². The van der Waals surface area contributed by atoms with Gasteiger partial charge >= 0.3 is 0 Å². The maximum absolute atomic E-state index is 4.81. The smallest absolute Gasteiger partial charge is 0.137 e. The average Bonchev–Trinajstić information content (AvgIpc) is 3.27. The molecule has 0 amide bonds. The molecule has 0 radical (unpaired) electrons. The number of nitrogens with zero attached hydrogens (tertiary/aromatic N) is 5. The second kappa shape index (κ2) is 6.59. The molecule has 0 N–H and O–H groups in total. The van der Waals surface area contributed by atoms with Gasteiger partial charge in [0.25, 0.3) is 0 Å². The Morgan fingerprint density at radius 3 is 2.89 bits per heavy atom. The number of hydrogen-bond acceptors (Lipinski definition) is 4. The third-order valence-corrected chi connectivity index (χ3v) is 6.63. The lowest BCUT2D eigenvalue weighted by atomic mass is 9.95. The highest BCUT2D eigenvalue weighted by atomic mass is 79.9. The number of halogens is 1. The van der Waals surface area contributed by atoms with Crippen molar-refractivity contribution >= 4 is 32.5 Å². The Kier molecular flexibility index (Phi) is 4.19. The molecule has 6 heteroatoms. The van der Waals surface area contributed by atoms with Crippen LogP contribution in [0.25, 0.3) is 10.9 Å². The zero-order chi connectivity index (χ0) is 18.5. The summed E-state index contributed by atoms with van der Waals surface area (Å²) >= 11 is 3.64. The summed E-state index contributed by atoms with van der Waals surface area (Å²) in [5.74, 6) is 2.82. The van der Waals surface area contributed by atoms with E-state index in [9.17, 15) is 0 Å². The summed E-state index contributed by atoms with van der Waals surface area (Å²) in [7, 11) is 0. The second-order valence-corrected chi connectivity index (χ2v) is 8.76. The average molecular weight is 426 g/mol. The Balaban J connectivity index is 1.56. The summed E-state index contributed by atoms with van der Waals surface area (Å²) < 4.78 is 3.47. The first kappa shape index (κ1) is 17.2. The zero-order valence-electron chi connectivity index (χ0n) is 15.9. The molecule has 0 saturated carbocycles. The molecule has 4 heterocycles. The predicted octanol–water partition coefficient (Wildman–Crippen LogP) is 4.54. The molecule has 1 unspecified atom stereocenters. The van der Waals surface area contributed by atoms with Crippen molar-refractivity contribution in [2.75, 3.05) is 18.0 Å². The molecule has 140 valence electrons. The number of aryl methyl sites for hydroxylation is 2. The van der Waals surface area contributed by atoms with Gasteiger partial charge in [-0.05, 0) is 56.9 Å². The Hall–Kier alpha value is -1.95. The van der Waals surface area contributed by atoms with E-state index >= 15 is 0 Å². The van der Waals surface area contributed by atoms with Crippen LogP contribution in [-0.2, 0) is 13.0 Å². The first-order valence-electron chi connectivity index (χ1n) is 9.85. The fourth-order valence-corrected chi connectivity index (χ4v) is 5.07. The standard InChI is InChI=1S/C21H24BrN5/c1-13-14(2)23-18-8-7-16(22)11-17(18)20(13)26-9-3-5-15(12-26)21-25-24-19-6-4-10-27(19)21/h7-8,11,15H,3-6,9-10,12H2,1-2H3. The largest absolute Gasteiger partial charge is 0.370 e. The summed E-state index contributed by atoms with van der Waals surface area (Å²) in [5.41, 5.74) is 4.81. The van der Waals surface area contributed by atoms with Crippen molar-refractivity contribution in [3.63, 3.8) is 0 Å². The van der Waals surface area contributed by atoms with Gasteiger partial charge in [0, 0.05) is 47.5 Å². The van der Waals surface area contributed by atoms with Gasteiger partial charge in [0.15, 0.2) is 0 Å². The Morgan fingerprint density at radius 1 is 1.11 bits per heavy atom. The molecule has 5 nitrogen and oxygen atoms in total. The van der Waals surface area contributed by atoms with Crippen molar-refractivity contribution in [3.05, 3.63) is 45.6 Å². The van der Waals surface area contributed by atoms with Crippen molar-refractivity contribution in [1.82, 2.24) is 19.7 Å². The van der Waals surface area contributed by atoms with Gasteiger partial charge in [-0.15, -0.1) is 10.2 Å². The van der Waals surface area contributed by atoms with E-state index in [-0.39, 0.29) is 0 Å². The fourth-order valence-electron chi connectivity index (χ4n) is 4.71. The summed E-state index contributed by atoms with van der Waals surface area (Å²) in [6.07, 6.45) is 4.66. The monoisotopic (exact) mass is 425 g/mol. The molecular formula is C21H24BrN5. The number of benzene rings is 1. The van der Waals surface area contributed by atoms with Crippen molar-refractivity contribution in [2.45, 2.75) is 52.0 Å². The van der Waals surface area contributed by atoms with E-state index in [1.54, 1.807) is 0 Å². The van der Waals surface area contributed by atoms with Gasteiger partial charge in [0.1, 0.15) is 11.6 Å². The van der Waals surface area contributed by atoms with Crippen LogP contribution in [0.5, 0.6) is 0 Å². The van der Waals surface area contributed by atoms with E-state index in [0.29, 0.717) is 5.92 Å². The molecule has 2 aliphatic rings. The van der Waals surface area contributed by atoms with E-state index in [2.05, 4.69) is 67.6 Å². The first-order chi connectivity index (χ1) is 13.1. The molecule has 0 aliphatic carbocycles. The number of piperidine rings is 1. The summed E-state index contributed by atoms with van der Waals surface area (Å²) in [5, 5.41) is 10.2. The Labute approximate surface area is 167 Å². The predicted molar refractivity (Wildman–Crippen MR) is 111 cm³/mol. The minimum atomic E-state index is 0.452. The fraction of sp³-hybridized carbons (Fsp3) is 0.476. The lowest BCUT2D eigenvalue weighted by Gasteiger charge is -2.36. The number of hydrogen-bond donors (Lipinski definition) is 0. The number of fused-ring (bicyclic) bond motifs is 2. The van der Waals surface area contributed by atoms with E-state index in [0.717, 1.165) is 41.7 Å². The molecule has 0 spiro atoms. The van der Waals surface area contributed by atoms with Crippen LogP contribution in [0.15, 0.2) is 22.7 Å². The van der Waals surface area contributed by atoms with Crippen LogP contribution in [0.4, 0.5) is 5.69 Å². The minimum absolute atomic E-state index is 0.452. The maximum Gasteiger partial charge on any atom is 0.137 e. The lowest BCUT2D eigenvalue weighted by molar-refractivity contribution is 0.473. The quantitative estimate of drug-likeness (QED) is 0.604. The second-order valence-electron chi connectivity index (χ2n) is 7.85. The van der Waals surface area contributed by atoms with Gasteiger partial charge in [0.05, 0.1) is 11.2 Å². The number of anilines is 1. The van der Waals surface area contributed by atoms with Crippen LogP contribution in [0, 0.1) is 13.8 Å². The zero-order valence-corrected chi connectivity index (χ0v) is 17.5. The van der Waals surface area contributed by atoms with Crippen molar-refractivity contribution in [3.8, 4) is 0 Å². The molecule has 1 saturated heterocycles. The van der Waals surface area contributed by atoms with Crippen LogP contribution in [-0.4, -0.2) is 32.8 Å². The highest BCUT2D eigenvalue weighted by Gasteiger charge is 2.30. The van der Waals surface area contributed by atoms with Crippen LogP contribution in [0.1, 0.15) is 48.1 Å². The molecule has 5 rings (SSSR count). The van der Waals surface area contributed by atoms with Gasteiger partial charge in [-0.25, -0.2) is 0 Å². The van der Waals surface area contributed by atoms with Crippen LogP contribution in [0.3, 0.4) is 0 Å². The molecule has 0 bridgehead atoms. The van der Waals surface area contributed by atoms with Crippen LogP contribution in [0.2, 0.25) is 0 Å². The Morgan fingerprint density at radius 2 is 2.00 bits per heavy atom. The topological polar surface area (TPSA) is 46.8 Å². The normalized spacial score (nSPS) is 19.7. The molecule has 2 aromatic heterocycles. The minimum Gasteiger partial charge on any atom is -0.370 e. The molecular weight excluding hydrogens is 402 g/mol. The molecule has 27 heavy (non-hydrogen) atoms. The highest BCUT2D eigenvalue weighted by molar-refractivity contribution is 9.10. The van der Waals surface area contributed by atoms with Gasteiger partial charge in [0.2, 0.25) is 0 Å².